The first kappa shape index (κ1) is 44.3. The summed E-state index contributed by atoms with van der Waals surface area (Å²) in [5.74, 6) is 2.65. The molecule has 7 unspecified atom stereocenters. The number of rotatable bonds is 8. The lowest BCUT2D eigenvalue weighted by molar-refractivity contribution is -0.380. The third kappa shape index (κ3) is 7.10. The van der Waals surface area contributed by atoms with Gasteiger partial charge in [0.25, 0.3) is 0 Å². The normalized spacial score (nSPS) is 57.7. The Morgan fingerprint density at radius 1 is 0.700 bits per heavy atom. The first-order valence-corrected chi connectivity index (χ1v) is 22.8. The lowest BCUT2D eigenvalue weighted by atomic mass is 9.47. The molecule has 0 aromatic rings. The second kappa shape index (κ2) is 16.5. The number of aliphatic hydroxyl groups excluding tert-OH is 8. The van der Waals surface area contributed by atoms with Gasteiger partial charge in [-0.3, -0.25) is 0 Å². The maximum atomic E-state index is 11.9. The van der Waals surface area contributed by atoms with E-state index in [1.807, 2.05) is 0 Å². The lowest BCUT2D eigenvalue weighted by Gasteiger charge is -2.58. The van der Waals surface area contributed by atoms with Crippen LogP contribution in [0.25, 0.3) is 0 Å². The van der Waals surface area contributed by atoms with E-state index in [-0.39, 0.29) is 23.0 Å². The minimum absolute atomic E-state index is 0.0141. The van der Waals surface area contributed by atoms with Crippen LogP contribution in [0.15, 0.2) is 11.6 Å². The molecule has 60 heavy (non-hydrogen) atoms. The second-order valence-electron chi connectivity index (χ2n) is 20.6. The zero-order chi connectivity index (χ0) is 42.6. The van der Waals surface area contributed by atoms with E-state index in [9.17, 15) is 40.9 Å². The molecule has 16 heteroatoms. The number of hydrogen-bond acceptors (Lipinski definition) is 16. The van der Waals surface area contributed by atoms with Gasteiger partial charge < -0.3 is 78.7 Å². The molecule has 0 radical (unpaired) electrons. The summed E-state index contributed by atoms with van der Waals surface area (Å²) in [6.07, 6.45) is -8.79. The van der Waals surface area contributed by atoms with Crippen LogP contribution in [0.4, 0.5) is 0 Å². The van der Waals surface area contributed by atoms with Crippen LogP contribution in [0.1, 0.15) is 92.4 Å². The Morgan fingerprint density at radius 3 is 2.10 bits per heavy atom. The maximum absolute atomic E-state index is 11.9. The van der Waals surface area contributed by atoms with Crippen LogP contribution >= 0.6 is 0 Å². The van der Waals surface area contributed by atoms with Gasteiger partial charge in [-0.25, -0.2) is 0 Å². The summed E-state index contributed by atoms with van der Waals surface area (Å²) in [6.45, 7) is 10.7. The molecule has 0 aromatic carbocycles. The second-order valence-corrected chi connectivity index (χ2v) is 20.6. The quantitative estimate of drug-likeness (QED) is 0.158. The molecule has 0 bridgehead atoms. The van der Waals surface area contributed by atoms with Crippen LogP contribution in [0.2, 0.25) is 0 Å². The third-order valence-corrected chi connectivity index (χ3v) is 17.3. The highest BCUT2D eigenvalue weighted by Gasteiger charge is 2.69. The van der Waals surface area contributed by atoms with Gasteiger partial charge in [-0.05, 0) is 98.7 Å². The molecule has 8 N–H and O–H groups in total. The molecule has 9 aliphatic rings. The minimum atomic E-state index is -1.70. The molecule has 8 fully saturated rings. The van der Waals surface area contributed by atoms with E-state index >= 15 is 0 Å². The fourth-order valence-electron chi connectivity index (χ4n) is 13.8. The molecule has 0 amide bonds. The van der Waals surface area contributed by atoms with Crippen molar-refractivity contribution in [3.05, 3.63) is 11.6 Å². The summed E-state index contributed by atoms with van der Waals surface area (Å²) in [4.78, 5) is 0. The minimum Gasteiger partial charge on any atom is -0.394 e. The zero-order valence-electron chi connectivity index (χ0n) is 35.6. The van der Waals surface area contributed by atoms with Gasteiger partial charge >= 0.3 is 0 Å². The van der Waals surface area contributed by atoms with E-state index in [1.54, 1.807) is 0 Å². The molecular weight excluding hydrogens is 784 g/mol. The summed E-state index contributed by atoms with van der Waals surface area (Å²) in [5.41, 5.74) is 1.54. The third-order valence-electron chi connectivity index (χ3n) is 17.3. The van der Waals surface area contributed by atoms with Gasteiger partial charge in [0.05, 0.1) is 38.1 Å². The average molecular weight is 855 g/mol. The fraction of sp³-hybridized carbons (Fsp3) is 0.955. The van der Waals surface area contributed by atoms with Crippen molar-refractivity contribution in [3.8, 4) is 0 Å². The Labute approximate surface area is 352 Å². The molecule has 5 saturated heterocycles. The molecule has 0 aromatic heterocycles. The van der Waals surface area contributed by atoms with Crippen molar-refractivity contribution in [2.24, 2.45) is 46.3 Å². The zero-order valence-corrected chi connectivity index (χ0v) is 35.6. The van der Waals surface area contributed by atoms with Crippen molar-refractivity contribution >= 4 is 0 Å². The van der Waals surface area contributed by atoms with Crippen molar-refractivity contribution < 1.29 is 78.7 Å². The standard InChI is InChI=1S/C44H70O16/c1-19-8-13-44(53-18-19)20(2)30-27(60-44)15-26-24-7-6-22-14-23(9-11-42(22,4)25(24)10-12-43(26,30)5)55-41-38(59-39-35(51)33(49)31(47)21(3)54-39)36(52)37(29(17-46)57-41)58-40-34(50)32(48)28(16-45)56-40/h6,19-21,23-41,45-52H,7-18H2,1-5H3/t19-,20+,21+,23+,24?,25?,26?,27?,28+,29-,30?,31+,32+,33-,34-,35-,36+,37-,38-,39?,40?,41-,42+,43+,44-/m1/s1. The maximum Gasteiger partial charge on any atom is 0.187 e. The Hall–Kier alpha value is -0.900. The molecular formula is C44H70O16. The van der Waals surface area contributed by atoms with Crippen molar-refractivity contribution in [2.75, 3.05) is 19.8 Å². The molecule has 5 heterocycles. The Bertz CT molecular complexity index is 1560. The van der Waals surface area contributed by atoms with E-state index in [1.165, 1.54) is 18.9 Å². The van der Waals surface area contributed by atoms with Crippen LogP contribution in [-0.2, 0) is 37.9 Å². The van der Waals surface area contributed by atoms with Crippen LogP contribution in [-0.4, -0.2) is 165 Å². The molecule has 5 aliphatic heterocycles. The average Bonchev–Trinajstić information content (AvgIpc) is 3.79. The van der Waals surface area contributed by atoms with Crippen molar-refractivity contribution in [2.45, 2.75) is 196 Å². The van der Waals surface area contributed by atoms with Gasteiger partial charge in [0.1, 0.15) is 61.0 Å². The number of hydrogen-bond donors (Lipinski definition) is 8. The van der Waals surface area contributed by atoms with E-state index in [0.29, 0.717) is 48.3 Å². The smallest absolute Gasteiger partial charge is 0.187 e. The van der Waals surface area contributed by atoms with E-state index in [0.717, 1.165) is 45.1 Å². The fourth-order valence-corrected chi connectivity index (χ4v) is 13.8. The molecule has 342 valence electrons. The summed E-state index contributed by atoms with van der Waals surface area (Å²) < 4.78 is 49.9. The van der Waals surface area contributed by atoms with Crippen molar-refractivity contribution in [3.63, 3.8) is 0 Å². The van der Waals surface area contributed by atoms with Crippen LogP contribution in [0.3, 0.4) is 0 Å². The van der Waals surface area contributed by atoms with Crippen LogP contribution in [0, 0.1) is 46.3 Å². The van der Waals surface area contributed by atoms with Gasteiger partial charge in [-0.2, -0.15) is 0 Å². The summed E-state index contributed by atoms with van der Waals surface area (Å²) in [6, 6.07) is 0. The highest BCUT2D eigenvalue weighted by Crippen LogP contribution is 2.70. The van der Waals surface area contributed by atoms with Gasteiger partial charge in [-0.1, -0.05) is 39.3 Å². The van der Waals surface area contributed by atoms with Crippen molar-refractivity contribution in [1.82, 2.24) is 0 Å². The highest BCUT2D eigenvalue weighted by molar-refractivity contribution is 5.26. The molecule has 3 saturated carbocycles. The van der Waals surface area contributed by atoms with Crippen LogP contribution in [0.5, 0.6) is 0 Å². The summed E-state index contributed by atoms with van der Waals surface area (Å²) in [7, 11) is 0. The lowest BCUT2D eigenvalue weighted by Crippen LogP contribution is -2.65. The molecule has 16 nitrogen and oxygen atoms in total. The number of ether oxygens (including phenoxy) is 8. The molecule has 25 atom stereocenters. The number of fused-ring (bicyclic) bond motifs is 7. The number of allylic oxidation sites excluding steroid dienone is 1. The van der Waals surface area contributed by atoms with Crippen molar-refractivity contribution in [1.29, 1.82) is 0 Å². The summed E-state index contributed by atoms with van der Waals surface area (Å²) >= 11 is 0. The predicted octanol–water partition coefficient (Wildman–Crippen LogP) is 0.853. The van der Waals surface area contributed by atoms with E-state index in [4.69, 9.17) is 37.9 Å². The van der Waals surface area contributed by atoms with Gasteiger partial charge in [0.15, 0.2) is 24.7 Å². The van der Waals surface area contributed by atoms with E-state index < -0.39 is 105 Å². The topological polar surface area (TPSA) is 236 Å². The molecule has 4 aliphatic carbocycles. The predicted molar refractivity (Wildman–Crippen MR) is 208 cm³/mol. The Balaban J connectivity index is 0.913. The molecule has 9 rings (SSSR count). The van der Waals surface area contributed by atoms with Crippen LogP contribution < -0.4 is 0 Å². The summed E-state index contributed by atoms with van der Waals surface area (Å²) in [5, 5.41) is 84.8. The van der Waals surface area contributed by atoms with Gasteiger partial charge in [0, 0.05) is 12.3 Å². The first-order valence-electron chi connectivity index (χ1n) is 22.8. The monoisotopic (exact) mass is 854 g/mol. The largest absolute Gasteiger partial charge is 0.394 e. The number of aliphatic hydroxyl groups is 8. The van der Waals surface area contributed by atoms with E-state index in [2.05, 4.69) is 33.8 Å². The van der Waals surface area contributed by atoms with Gasteiger partial charge in [0.2, 0.25) is 0 Å². The highest BCUT2D eigenvalue weighted by atomic mass is 16.8. The SMILES string of the molecule is C[C@@H]1CC[C@@]2(OC1)OC1CC3C4CC=C5C[C@@H](O[C@@H]6O[C@H](CO)[C@@H](OC7O[C@@H](CO)[C@H](O)[C@H]7O)[C@H](O)[C@H]6OC6O[C@@H](C)[C@H](O)[C@@H](O)[C@H]6O)CC[C@]5(C)C4CC[C@]3(C)C1[C@@H]2C. The first-order chi connectivity index (χ1) is 28.5. The van der Waals surface area contributed by atoms with Gasteiger partial charge in [-0.15, -0.1) is 0 Å². The Morgan fingerprint density at radius 2 is 1.40 bits per heavy atom. The Kier molecular flexibility index (Phi) is 12.2. The molecule has 1 spiro atoms.